The lowest BCUT2D eigenvalue weighted by Crippen LogP contribution is -2.05. The molecule has 3 heteroatoms. The van der Waals surface area contributed by atoms with E-state index < -0.39 is 15.1 Å². The highest BCUT2D eigenvalue weighted by Gasteiger charge is 2.17. The molecule has 1 aromatic rings. The van der Waals surface area contributed by atoms with Crippen LogP contribution in [-0.2, 0) is 9.84 Å². The molecule has 0 aliphatic carbocycles. The van der Waals surface area contributed by atoms with Crippen LogP contribution < -0.4 is 0 Å². The van der Waals surface area contributed by atoms with E-state index in [4.69, 9.17) is 0 Å². The Morgan fingerprint density at radius 2 is 1.85 bits per heavy atom. The molecule has 0 radical (unpaired) electrons. The molecule has 0 aromatic heterocycles. The molecule has 0 amide bonds. The van der Waals surface area contributed by atoms with E-state index in [0.717, 1.165) is 11.0 Å². The second-order valence-electron chi connectivity index (χ2n) is 2.81. The molecule has 1 unspecified atom stereocenters. The summed E-state index contributed by atoms with van der Waals surface area (Å²) in [5, 5.41) is 0.496. The largest absolute Gasteiger partial charge is 0.224 e. The molecule has 70 valence electrons. The highest BCUT2D eigenvalue weighted by Crippen LogP contribution is 2.22. The fourth-order valence-electron chi connectivity index (χ4n) is 1.06. The zero-order valence-corrected chi connectivity index (χ0v) is 8.29. The summed E-state index contributed by atoms with van der Waals surface area (Å²) in [4.78, 5) is 0. The highest BCUT2D eigenvalue weighted by molar-refractivity contribution is 7.94. The second-order valence-corrected chi connectivity index (χ2v) is 5.03. The molecule has 0 spiro atoms. The minimum Gasteiger partial charge on any atom is -0.224 e. The Bertz CT molecular complexity index is 379. The first-order chi connectivity index (χ1) is 6.08. The minimum absolute atomic E-state index is 0.508. The Hall–Kier alpha value is -1.09. The van der Waals surface area contributed by atoms with Crippen LogP contribution in [0, 0.1) is 0 Å². The monoisotopic (exact) mass is 196 g/mol. The summed E-state index contributed by atoms with van der Waals surface area (Å²) in [6.07, 6.45) is 0. The van der Waals surface area contributed by atoms with Crippen LogP contribution in [0.3, 0.4) is 0 Å². The first kappa shape index (κ1) is 9.99. The fraction of sp³-hybridized carbons (Fsp3) is 0.200. The Morgan fingerprint density at radius 1 is 1.31 bits per heavy atom. The van der Waals surface area contributed by atoms with Crippen LogP contribution in [0.25, 0.3) is 0 Å². The van der Waals surface area contributed by atoms with E-state index in [2.05, 4.69) is 6.58 Å². The van der Waals surface area contributed by atoms with Crippen LogP contribution in [0.2, 0.25) is 0 Å². The highest BCUT2D eigenvalue weighted by atomic mass is 32.2. The topological polar surface area (TPSA) is 34.1 Å². The smallest absolute Gasteiger partial charge is 0.177 e. The summed E-state index contributed by atoms with van der Waals surface area (Å²) in [6.45, 7) is 4.95. The molecule has 2 nitrogen and oxygen atoms in total. The van der Waals surface area contributed by atoms with Crippen molar-refractivity contribution in [3.63, 3.8) is 0 Å². The van der Waals surface area contributed by atoms with Crippen LogP contribution in [0.5, 0.6) is 0 Å². The quantitative estimate of drug-likeness (QED) is 0.743. The third-order valence-corrected chi connectivity index (χ3v) is 3.72. The van der Waals surface area contributed by atoms with E-state index in [1.165, 1.54) is 0 Å². The van der Waals surface area contributed by atoms with Crippen molar-refractivity contribution in [2.24, 2.45) is 0 Å². The van der Waals surface area contributed by atoms with Gasteiger partial charge in [-0.1, -0.05) is 36.9 Å². The molecule has 1 rings (SSSR count). The Kier molecular flexibility index (Phi) is 2.88. The lowest BCUT2D eigenvalue weighted by atomic mass is 10.2. The zero-order chi connectivity index (χ0) is 9.90. The Labute approximate surface area is 78.8 Å². The molecule has 0 fully saturated rings. The van der Waals surface area contributed by atoms with Crippen molar-refractivity contribution < 1.29 is 8.42 Å². The SMILES string of the molecule is C=CS(=O)(=O)C(C)c1ccccc1. The normalized spacial score (nSPS) is 13.6. The maximum atomic E-state index is 11.4. The van der Waals surface area contributed by atoms with E-state index in [-0.39, 0.29) is 0 Å². The van der Waals surface area contributed by atoms with Gasteiger partial charge in [0.2, 0.25) is 0 Å². The lowest BCUT2D eigenvalue weighted by molar-refractivity contribution is 0.595. The van der Waals surface area contributed by atoms with Crippen LogP contribution in [-0.4, -0.2) is 8.42 Å². The summed E-state index contributed by atoms with van der Waals surface area (Å²) >= 11 is 0. The van der Waals surface area contributed by atoms with Gasteiger partial charge in [0.05, 0.1) is 5.25 Å². The van der Waals surface area contributed by atoms with Crippen molar-refractivity contribution >= 4 is 9.84 Å². The van der Waals surface area contributed by atoms with Crippen molar-refractivity contribution in [1.29, 1.82) is 0 Å². The first-order valence-electron chi connectivity index (χ1n) is 3.99. The Balaban J connectivity index is 3.06. The van der Waals surface area contributed by atoms with Gasteiger partial charge in [-0.2, -0.15) is 0 Å². The predicted octanol–water partition coefficient (Wildman–Crippen LogP) is 2.31. The number of sulfone groups is 1. The van der Waals surface area contributed by atoms with E-state index in [1.807, 2.05) is 18.2 Å². The van der Waals surface area contributed by atoms with Crippen molar-refractivity contribution in [3.05, 3.63) is 47.9 Å². The molecule has 13 heavy (non-hydrogen) atoms. The van der Waals surface area contributed by atoms with Gasteiger partial charge < -0.3 is 0 Å². The van der Waals surface area contributed by atoms with E-state index in [9.17, 15) is 8.42 Å². The van der Waals surface area contributed by atoms with Crippen molar-refractivity contribution in [3.8, 4) is 0 Å². The van der Waals surface area contributed by atoms with Gasteiger partial charge in [0.1, 0.15) is 0 Å². The molecule has 0 bridgehead atoms. The first-order valence-corrected chi connectivity index (χ1v) is 5.60. The maximum Gasteiger partial charge on any atom is 0.177 e. The van der Waals surface area contributed by atoms with Gasteiger partial charge in [-0.05, 0) is 12.5 Å². The number of rotatable bonds is 3. The average Bonchev–Trinajstić information content (AvgIpc) is 2.18. The Morgan fingerprint density at radius 3 is 2.31 bits per heavy atom. The average molecular weight is 196 g/mol. The van der Waals surface area contributed by atoms with Crippen LogP contribution in [0.4, 0.5) is 0 Å². The maximum absolute atomic E-state index is 11.4. The van der Waals surface area contributed by atoms with Gasteiger partial charge in [-0.3, -0.25) is 0 Å². The molecule has 1 atom stereocenters. The van der Waals surface area contributed by atoms with Gasteiger partial charge >= 0.3 is 0 Å². The van der Waals surface area contributed by atoms with Gasteiger partial charge in [-0.25, -0.2) is 8.42 Å². The summed E-state index contributed by atoms with van der Waals surface area (Å²) in [6, 6.07) is 9.10. The summed E-state index contributed by atoms with van der Waals surface area (Å²) in [5.74, 6) is 0. The van der Waals surface area contributed by atoms with Gasteiger partial charge in [0, 0.05) is 5.41 Å². The second kappa shape index (κ2) is 3.75. The molecular formula is C10H12O2S. The molecule has 0 heterocycles. The summed E-state index contributed by atoms with van der Waals surface area (Å²) in [7, 11) is -3.19. The minimum atomic E-state index is -3.19. The van der Waals surface area contributed by atoms with Crippen LogP contribution in [0.1, 0.15) is 17.7 Å². The van der Waals surface area contributed by atoms with Crippen molar-refractivity contribution in [2.75, 3.05) is 0 Å². The van der Waals surface area contributed by atoms with Gasteiger partial charge in [0.15, 0.2) is 9.84 Å². The number of benzene rings is 1. The molecule has 0 N–H and O–H groups in total. The molecular weight excluding hydrogens is 184 g/mol. The summed E-state index contributed by atoms with van der Waals surface area (Å²) < 4.78 is 22.8. The number of hydrogen-bond acceptors (Lipinski definition) is 2. The molecule has 0 saturated heterocycles. The standard InChI is InChI=1S/C10H12O2S/c1-3-13(11,12)9(2)10-7-5-4-6-8-10/h3-9H,1H2,2H3. The van der Waals surface area contributed by atoms with Crippen LogP contribution >= 0.6 is 0 Å². The predicted molar refractivity (Wildman–Crippen MR) is 54.0 cm³/mol. The van der Waals surface area contributed by atoms with Gasteiger partial charge in [-0.15, -0.1) is 0 Å². The summed E-state index contributed by atoms with van der Waals surface area (Å²) in [5.41, 5.74) is 0.794. The molecule has 1 aromatic carbocycles. The van der Waals surface area contributed by atoms with Crippen LogP contribution in [0.15, 0.2) is 42.3 Å². The molecule has 0 aliphatic heterocycles. The molecule has 0 aliphatic rings. The zero-order valence-electron chi connectivity index (χ0n) is 7.47. The third-order valence-electron chi connectivity index (χ3n) is 1.99. The third kappa shape index (κ3) is 2.18. The lowest BCUT2D eigenvalue weighted by Gasteiger charge is -2.08. The molecule has 0 saturated carbocycles. The van der Waals surface area contributed by atoms with Gasteiger partial charge in [0.25, 0.3) is 0 Å². The number of hydrogen-bond donors (Lipinski definition) is 0. The van der Waals surface area contributed by atoms with Crippen molar-refractivity contribution in [1.82, 2.24) is 0 Å². The fourth-order valence-corrected chi connectivity index (χ4v) is 1.88. The van der Waals surface area contributed by atoms with E-state index in [1.54, 1.807) is 19.1 Å². The van der Waals surface area contributed by atoms with Crippen molar-refractivity contribution in [2.45, 2.75) is 12.2 Å². The van der Waals surface area contributed by atoms with E-state index >= 15 is 0 Å². The van der Waals surface area contributed by atoms with E-state index in [0.29, 0.717) is 0 Å².